The fourth-order valence-corrected chi connectivity index (χ4v) is 1.80. The summed E-state index contributed by atoms with van der Waals surface area (Å²) in [7, 11) is 1.59. The van der Waals surface area contributed by atoms with E-state index in [9.17, 15) is 5.11 Å². The topological polar surface area (TPSA) is 54.4 Å². The Morgan fingerprint density at radius 3 is 2.83 bits per heavy atom. The highest BCUT2D eigenvalue weighted by Gasteiger charge is 2.27. The maximum atomic E-state index is 10.5. The number of hydrogen-bond acceptors (Lipinski definition) is 4. The number of ether oxygens (including phenoxy) is 1. The lowest BCUT2D eigenvalue weighted by atomic mass is 9.96. The van der Waals surface area contributed by atoms with Gasteiger partial charge in [-0.25, -0.2) is 0 Å². The molecule has 0 spiro atoms. The average molecular weight is 252 g/mol. The van der Waals surface area contributed by atoms with E-state index < -0.39 is 5.60 Å². The summed E-state index contributed by atoms with van der Waals surface area (Å²) in [5.41, 5.74) is -0.379. The van der Waals surface area contributed by atoms with E-state index in [2.05, 4.69) is 24.1 Å². The average Bonchev–Trinajstić information content (AvgIpc) is 2.34. The van der Waals surface area contributed by atoms with Crippen LogP contribution in [0.1, 0.15) is 32.9 Å². The van der Waals surface area contributed by atoms with Crippen LogP contribution in [0.25, 0.3) is 0 Å². The molecule has 0 saturated heterocycles. The van der Waals surface area contributed by atoms with E-state index in [-0.39, 0.29) is 0 Å². The second kappa shape index (κ2) is 6.71. The zero-order valence-electron chi connectivity index (χ0n) is 11.7. The van der Waals surface area contributed by atoms with Crippen LogP contribution in [0.3, 0.4) is 0 Å². The molecule has 0 aliphatic carbocycles. The third-order valence-corrected chi connectivity index (χ3v) is 2.84. The van der Waals surface area contributed by atoms with Crippen molar-refractivity contribution in [3.63, 3.8) is 0 Å². The van der Waals surface area contributed by atoms with Crippen molar-refractivity contribution in [1.29, 1.82) is 0 Å². The van der Waals surface area contributed by atoms with Gasteiger partial charge in [0, 0.05) is 6.20 Å². The Labute approximate surface area is 109 Å². The summed E-state index contributed by atoms with van der Waals surface area (Å²) in [5, 5.41) is 13.8. The lowest BCUT2D eigenvalue weighted by Gasteiger charge is -2.24. The standard InChI is InChI=1S/C14H24N2O2/c1-11(2)10-15-9-7-14(3,17)13-12(18-4)6-5-8-16-13/h5-6,8,11,15,17H,7,9-10H2,1-4H3. The molecule has 0 fully saturated rings. The molecular formula is C14H24N2O2. The van der Waals surface area contributed by atoms with Gasteiger partial charge in [-0.1, -0.05) is 13.8 Å². The molecule has 0 amide bonds. The van der Waals surface area contributed by atoms with E-state index in [0.29, 0.717) is 23.8 Å². The van der Waals surface area contributed by atoms with Crippen LogP contribution in [-0.4, -0.2) is 30.3 Å². The minimum Gasteiger partial charge on any atom is -0.495 e. The van der Waals surface area contributed by atoms with Gasteiger partial charge in [-0.05, 0) is 44.5 Å². The van der Waals surface area contributed by atoms with Gasteiger partial charge in [0.05, 0.1) is 7.11 Å². The van der Waals surface area contributed by atoms with Crippen molar-refractivity contribution in [3.8, 4) is 5.75 Å². The number of aromatic nitrogens is 1. The second-order valence-electron chi connectivity index (χ2n) is 5.18. The van der Waals surface area contributed by atoms with Crippen LogP contribution < -0.4 is 10.1 Å². The van der Waals surface area contributed by atoms with Crippen LogP contribution >= 0.6 is 0 Å². The number of nitrogens with zero attached hydrogens (tertiary/aromatic N) is 1. The molecule has 0 aliphatic heterocycles. The minimum absolute atomic E-state index is 0.596. The molecule has 0 radical (unpaired) electrons. The number of pyridine rings is 1. The van der Waals surface area contributed by atoms with Gasteiger partial charge in [-0.2, -0.15) is 0 Å². The molecule has 1 rings (SSSR count). The van der Waals surface area contributed by atoms with Crippen LogP contribution in [-0.2, 0) is 5.60 Å². The highest BCUT2D eigenvalue weighted by atomic mass is 16.5. The molecule has 2 N–H and O–H groups in total. The van der Waals surface area contributed by atoms with Gasteiger partial charge in [0.1, 0.15) is 17.0 Å². The maximum Gasteiger partial charge on any atom is 0.143 e. The van der Waals surface area contributed by atoms with E-state index in [0.717, 1.165) is 13.1 Å². The molecule has 1 aromatic heterocycles. The van der Waals surface area contributed by atoms with Gasteiger partial charge in [0.15, 0.2) is 0 Å². The highest BCUT2D eigenvalue weighted by molar-refractivity contribution is 5.31. The van der Waals surface area contributed by atoms with E-state index in [1.54, 1.807) is 26.3 Å². The molecule has 1 unspecified atom stereocenters. The van der Waals surface area contributed by atoms with Crippen molar-refractivity contribution < 1.29 is 9.84 Å². The molecular weight excluding hydrogens is 228 g/mol. The molecule has 0 saturated carbocycles. The molecule has 1 aromatic rings. The monoisotopic (exact) mass is 252 g/mol. The van der Waals surface area contributed by atoms with E-state index in [1.807, 2.05) is 6.07 Å². The van der Waals surface area contributed by atoms with Gasteiger partial charge < -0.3 is 15.2 Å². The first kappa shape index (κ1) is 14.9. The predicted octanol–water partition coefficient (Wildman–Crippen LogP) is 1.93. The highest BCUT2D eigenvalue weighted by Crippen LogP contribution is 2.29. The third-order valence-electron chi connectivity index (χ3n) is 2.84. The Bertz CT molecular complexity index is 365. The largest absolute Gasteiger partial charge is 0.495 e. The number of aliphatic hydroxyl groups is 1. The molecule has 4 nitrogen and oxygen atoms in total. The lowest BCUT2D eigenvalue weighted by molar-refractivity contribution is 0.0407. The Hall–Kier alpha value is -1.13. The summed E-state index contributed by atoms with van der Waals surface area (Å²) in [5.74, 6) is 1.24. The Morgan fingerprint density at radius 1 is 1.50 bits per heavy atom. The first-order valence-electron chi connectivity index (χ1n) is 6.40. The zero-order valence-corrected chi connectivity index (χ0v) is 11.7. The van der Waals surface area contributed by atoms with Crippen LogP contribution in [0.2, 0.25) is 0 Å². The van der Waals surface area contributed by atoms with Gasteiger partial charge in [0.2, 0.25) is 0 Å². The van der Waals surface area contributed by atoms with Gasteiger partial charge in [0.25, 0.3) is 0 Å². The van der Waals surface area contributed by atoms with Crippen molar-refractivity contribution in [2.45, 2.75) is 32.8 Å². The fourth-order valence-electron chi connectivity index (χ4n) is 1.80. The molecule has 102 valence electrons. The van der Waals surface area contributed by atoms with Crippen molar-refractivity contribution in [1.82, 2.24) is 10.3 Å². The SMILES string of the molecule is COc1cccnc1C(C)(O)CCNCC(C)C. The summed E-state index contributed by atoms with van der Waals surface area (Å²) in [4.78, 5) is 4.23. The van der Waals surface area contributed by atoms with E-state index >= 15 is 0 Å². The number of nitrogens with one attached hydrogen (secondary N) is 1. The first-order chi connectivity index (χ1) is 8.47. The first-order valence-corrected chi connectivity index (χ1v) is 6.40. The normalized spacial score (nSPS) is 14.6. The molecule has 0 aromatic carbocycles. The summed E-state index contributed by atoms with van der Waals surface area (Å²) in [6.45, 7) is 7.80. The van der Waals surface area contributed by atoms with E-state index in [1.165, 1.54) is 0 Å². The molecule has 1 atom stereocenters. The summed E-state index contributed by atoms with van der Waals surface area (Å²) >= 11 is 0. The third kappa shape index (κ3) is 4.27. The van der Waals surface area contributed by atoms with Crippen LogP contribution in [0, 0.1) is 5.92 Å². The maximum absolute atomic E-state index is 10.5. The summed E-state index contributed by atoms with van der Waals surface area (Å²) in [6, 6.07) is 3.62. The van der Waals surface area contributed by atoms with Gasteiger partial charge in [-0.15, -0.1) is 0 Å². The number of rotatable bonds is 7. The Balaban J connectivity index is 2.62. The van der Waals surface area contributed by atoms with Gasteiger partial charge >= 0.3 is 0 Å². The second-order valence-corrected chi connectivity index (χ2v) is 5.18. The van der Waals surface area contributed by atoms with Crippen molar-refractivity contribution in [2.75, 3.05) is 20.2 Å². The number of methoxy groups -OCH3 is 1. The molecule has 18 heavy (non-hydrogen) atoms. The molecule has 4 heteroatoms. The molecule has 0 aliphatic rings. The van der Waals surface area contributed by atoms with Crippen molar-refractivity contribution in [3.05, 3.63) is 24.0 Å². The molecule has 1 heterocycles. The lowest BCUT2D eigenvalue weighted by Crippen LogP contribution is -2.30. The summed E-state index contributed by atoms with van der Waals surface area (Å²) in [6.07, 6.45) is 2.28. The minimum atomic E-state index is -0.976. The smallest absolute Gasteiger partial charge is 0.143 e. The summed E-state index contributed by atoms with van der Waals surface area (Å²) < 4.78 is 5.23. The van der Waals surface area contributed by atoms with Crippen LogP contribution in [0.5, 0.6) is 5.75 Å². The van der Waals surface area contributed by atoms with E-state index in [4.69, 9.17) is 4.74 Å². The fraction of sp³-hybridized carbons (Fsp3) is 0.643. The van der Waals surface area contributed by atoms with Crippen LogP contribution in [0.15, 0.2) is 18.3 Å². The quantitative estimate of drug-likeness (QED) is 0.728. The van der Waals surface area contributed by atoms with Crippen molar-refractivity contribution >= 4 is 0 Å². The zero-order chi connectivity index (χ0) is 13.6. The Morgan fingerprint density at radius 2 is 2.22 bits per heavy atom. The van der Waals surface area contributed by atoms with Gasteiger partial charge in [-0.3, -0.25) is 4.98 Å². The van der Waals surface area contributed by atoms with Crippen LogP contribution in [0.4, 0.5) is 0 Å². The predicted molar refractivity (Wildman–Crippen MR) is 72.7 cm³/mol. The Kier molecular flexibility index (Phi) is 5.56. The number of hydrogen-bond donors (Lipinski definition) is 2. The van der Waals surface area contributed by atoms with Crippen molar-refractivity contribution in [2.24, 2.45) is 5.92 Å². The molecule has 0 bridgehead atoms.